The first kappa shape index (κ1) is 14.3. The molecule has 0 atom stereocenters. The minimum absolute atomic E-state index is 0.0756. The Balaban J connectivity index is 2.09. The first-order valence-electron chi connectivity index (χ1n) is 6.35. The van der Waals surface area contributed by atoms with Crippen LogP contribution >= 0.6 is 15.9 Å². The molecule has 0 aromatic heterocycles. The Bertz CT molecular complexity index is 460. The molecule has 1 aromatic carbocycles. The van der Waals surface area contributed by atoms with E-state index in [1.807, 2.05) is 23.1 Å². The van der Waals surface area contributed by atoms with Crippen molar-refractivity contribution in [3.8, 4) is 5.75 Å². The van der Waals surface area contributed by atoms with Gasteiger partial charge < -0.3 is 9.84 Å². The van der Waals surface area contributed by atoms with Crippen molar-refractivity contribution in [2.45, 2.75) is 19.4 Å². The van der Waals surface area contributed by atoms with Crippen LogP contribution in [0.3, 0.4) is 0 Å². The normalized spacial score (nSPS) is 14.7. The predicted molar refractivity (Wildman–Crippen MR) is 76.3 cm³/mol. The molecule has 4 nitrogen and oxygen atoms in total. The molecule has 19 heavy (non-hydrogen) atoms. The molecule has 0 bridgehead atoms. The highest BCUT2D eigenvalue weighted by atomic mass is 79.9. The van der Waals surface area contributed by atoms with E-state index in [9.17, 15) is 4.79 Å². The summed E-state index contributed by atoms with van der Waals surface area (Å²) in [7, 11) is 1.63. The van der Waals surface area contributed by atoms with Gasteiger partial charge in [0.2, 0.25) is 0 Å². The number of aliphatic carboxylic acids is 1. The summed E-state index contributed by atoms with van der Waals surface area (Å²) >= 11 is 3.44. The summed E-state index contributed by atoms with van der Waals surface area (Å²) in [4.78, 5) is 12.9. The fraction of sp³-hybridized carbons (Fsp3) is 0.500. The Kier molecular flexibility index (Phi) is 4.82. The van der Waals surface area contributed by atoms with E-state index in [1.165, 1.54) is 12.8 Å². The second-order valence-electron chi connectivity index (χ2n) is 4.96. The van der Waals surface area contributed by atoms with Crippen molar-refractivity contribution < 1.29 is 14.6 Å². The van der Waals surface area contributed by atoms with Gasteiger partial charge >= 0.3 is 5.97 Å². The summed E-state index contributed by atoms with van der Waals surface area (Å²) in [6.45, 7) is 1.53. The Morgan fingerprint density at radius 1 is 1.53 bits per heavy atom. The van der Waals surface area contributed by atoms with Crippen LogP contribution in [0.1, 0.15) is 18.4 Å². The van der Waals surface area contributed by atoms with Crippen LogP contribution in [-0.2, 0) is 11.3 Å². The largest absolute Gasteiger partial charge is 0.496 e. The number of carbonyl (C=O) groups is 1. The lowest BCUT2D eigenvalue weighted by atomic mass is 10.2. The van der Waals surface area contributed by atoms with Crippen molar-refractivity contribution in [3.63, 3.8) is 0 Å². The topological polar surface area (TPSA) is 49.8 Å². The summed E-state index contributed by atoms with van der Waals surface area (Å²) < 4.78 is 6.31. The summed E-state index contributed by atoms with van der Waals surface area (Å²) in [5.74, 6) is 0.682. The second kappa shape index (κ2) is 6.39. The van der Waals surface area contributed by atoms with Gasteiger partial charge in [0.15, 0.2) is 0 Å². The molecular formula is C14H18BrNO3. The molecule has 1 fully saturated rings. The standard InChI is InChI=1S/C14H18BrNO3/c1-19-13-5-4-12(15)6-11(13)8-16(9-14(17)18)7-10-2-3-10/h4-6,10H,2-3,7-9H2,1H3,(H,17,18). The number of rotatable bonds is 7. The zero-order chi connectivity index (χ0) is 13.8. The lowest BCUT2D eigenvalue weighted by Gasteiger charge is -2.21. The highest BCUT2D eigenvalue weighted by Gasteiger charge is 2.25. The summed E-state index contributed by atoms with van der Waals surface area (Å²) in [6.07, 6.45) is 2.43. The van der Waals surface area contributed by atoms with E-state index in [0.29, 0.717) is 12.5 Å². The fourth-order valence-corrected chi connectivity index (χ4v) is 2.56. The molecule has 0 radical (unpaired) electrons. The van der Waals surface area contributed by atoms with Crippen molar-refractivity contribution in [2.24, 2.45) is 5.92 Å². The van der Waals surface area contributed by atoms with Gasteiger partial charge in [-0.1, -0.05) is 15.9 Å². The maximum Gasteiger partial charge on any atom is 0.317 e. The molecule has 0 unspecified atom stereocenters. The number of benzene rings is 1. The van der Waals surface area contributed by atoms with Gasteiger partial charge in [0.05, 0.1) is 13.7 Å². The van der Waals surface area contributed by atoms with Gasteiger partial charge in [-0.15, -0.1) is 0 Å². The maximum absolute atomic E-state index is 10.9. The molecule has 1 aliphatic carbocycles. The van der Waals surface area contributed by atoms with E-state index < -0.39 is 5.97 Å². The van der Waals surface area contributed by atoms with E-state index in [-0.39, 0.29) is 6.54 Å². The Labute approximate surface area is 121 Å². The van der Waals surface area contributed by atoms with E-state index in [1.54, 1.807) is 7.11 Å². The average Bonchev–Trinajstić information content (AvgIpc) is 3.12. The molecule has 1 N–H and O–H groups in total. The Hall–Kier alpha value is -1.07. The third kappa shape index (κ3) is 4.51. The smallest absolute Gasteiger partial charge is 0.317 e. The lowest BCUT2D eigenvalue weighted by Crippen LogP contribution is -2.31. The van der Waals surface area contributed by atoms with Gasteiger partial charge in [-0.2, -0.15) is 0 Å². The minimum atomic E-state index is -0.783. The van der Waals surface area contributed by atoms with Crippen LogP contribution in [0.2, 0.25) is 0 Å². The first-order valence-corrected chi connectivity index (χ1v) is 7.14. The number of methoxy groups -OCH3 is 1. The zero-order valence-electron chi connectivity index (χ0n) is 10.9. The highest BCUT2D eigenvalue weighted by Crippen LogP contribution is 2.31. The summed E-state index contributed by atoms with van der Waals surface area (Å²) in [5, 5.41) is 8.99. The number of carboxylic acid groups (broad SMARTS) is 1. The van der Waals surface area contributed by atoms with Crippen molar-refractivity contribution in [1.82, 2.24) is 4.90 Å². The van der Waals surface area contributed by atoms with Gasteiger partial charge in [0.25, 0.3) is 0 Å². The van der Waals surface area contributed by atoms with Gasteiger partial charge in [0.1, 0.15) is 5.75 Å². The van der Waals surface area contributed by atoms with Crippen LogP contribution in [-0.4, -0.2) is 36.2 Å². The zero-order valence-corrected chi connectivity index (χ0v) is 12.5. The molecule has 0 heterocycles. The fourth-order valence-electron chi connectivity index (χ4n) is 2.15. The quantitative estimate of drug-likeness (QED) is 0.836. The van der Waals surface area contributed by atoms with Crippen LogP contribution < -0.4 is 4.74 Å². The molecule has 1 aliphatic rings. The number of hydrogen-bond donors (Lipinski definition) is 1. The molecule has 1 aromatic rings. The van der Waals surface area contributed by atoms with Crippen molar-refractivity contribution in [3.05, 3.63) is 28.2 Å². The van der Waals surface area contributed by atoms with Gasteiger partial charge in [-0.05, 0) is 37.0 Å². The van der Waals surface area contributed by atoms with Crippen molar-refractivity contribution in [1.29, 1.82) is 0 Å². The number of ether oxygens (including phenoxy) is 1. The van der Waals surface area contributed by atoms with Gasteiger partial charge in [-0.25, -0.2) is 0 Å². The van der Waals surface area contributed by atoms with E-state index >= 15 is 0 Å². The average molecular weight is 328 g/mol. The Morgan fingerprint density at radius 3 is 2.84 bits per heavy atom. The van der Waals surface area contributed by atoms with Crippen LogP contribution in [0.5, 0.6) is 5.75 Å². The molecule has 0 saturated heterocycles. The van der Waals surface area contributed by atoms with Crippen LogP contribution in [0.4, 0.5) is 0 Å². The van der Waals surface area contributed by atoms with Gasteiger partial charge in [-0.3, -0.25) is 9.69 Å². The SMILES string of the molecule is COc1ccc(Br)cc1CN(CC(=O)O)CC1CC1. The van der Waals surface area contributed by atoms with Gasteiger partial charge in [0, 0.05) is 23.1 Å². The van der Waals surface area contributed by atoms with Crippen molar-refractivity contribution >= 4 is 21.9 Å². The monoisotopic (exact) mass is 327 g/mol. The van der Waals surface area contributed by atoms with E-state index in [2.05, 4.69) is 15.9 Å². The number of hydrogen-bond acceptors (Lipinski definition) is 3. The molecule has 0 spiro atoms. The molecular weight excluding hydrogens is 310 g/mol. The number of carboxylic acids is 1. The molecule has 2 rings (SSSR count). The third-order valence-electron chi connectivity index (χ3n) is 3.21. The summed E-state index contributed by atoms with van der Waals surface area (Å²) in [6, 6.07) is 5.81. The van der Waals surface area contributed by atoms with E-state index in [0.717, 1.165) is 22.3 Å². The second-order valence-corrected chi connectivity index (χ2v) is 5.88. The predicted octanol–water partition coefficient (Wildman–Crippen LogP) is 2.75. The number of halogens is 1. The first-order chi connectivity index (χ1) is 9.08. The molecule has 0 amide bonds. The minimum Gasteiger partial charge on any atom is -0.496 e. The molecule has 104 valence electrons. The van der Waals surface area contributed by atoms with E-state index in [4.69, 9.17) is 9.84 Å². The lowest BCUT2D eigenvalue weighted by molar-refractivity contribution is -0.138. The number of nitrogens with zero attached hydrogens (tertiary/aromatic N) is 1. The Morgan fingerprint density at radius 2 is 2.26 bits per heavy atom. The molecule has 5 heteroatoms. The van der Waals surface area contributed by atoms with Crippen LogP contribution in [0.15, 0.2) is 22.7 Å². The van der Waals surface area contributed by atoms with Crippen LogP contribution in [0, 0.1) is 5.92 Å². The van der Waals surface area contributed by atoms with Crippen LogP contribution in [0.25, 0.3) is 0 Å². The summed E-state index contributed by atoms with van der Waals surface area (Å²) in [5.41, 5.74) is 1.01. The molecule has 0 aliphatic heterocycles. The highest BCUT2D eigenvalue weighted by molar-refractivity contribution is 9.10. The third-order valence-corrected chi connectivity index (χ3v) is 3.70. The molecule has 1 saturated carbocycles. The van der Waals surface area contributed by atoms with Crippen molar-refractivity contribution in [2.75, 3.05) is 20.2 Å². The maximum atomic E-state index is 10.9.